The third-order valence-corrected chi connectivity index (χ3v) is 3.78. The van der Waals surface area contributed by atoms with E-state index in [1.165, 1.54) is 11.3 Å². The smallest absolute Gasteiger partial charge is 0.0781 e. The molecule has 1 aromatic rings. The van der Waals surface area contributed by atoms with Gasteiger partial charge in [-0.3, -0.25) is 4.68 Å². The van der Waals surface area contributed by atoms with Crippen molar-refractivity contribution < 1.29 is 5.11 Å². The summed E-state index contributed by atoms with van der Waals surface area (Å²) in [5, 5.41) is 17.9. The van der Waals surface area contributed by atoms with Gasteiger partial charge in [0.1, 0.15) is 0 Å². The van der Waals surface area contributed by atoms with Crippen LogP contribution in [0.4, 0.5) is 0 Å². The van der Waals surface area contributed by atoms with Crippen molar-refractivity contribution in [3.8, 4) is 0 Å². The van der Waals surface area contributed by atoms with E-state index in [4.69, 9.17) is 0 Å². The SMILES string of the molecule is CCNCc1c(C)nn(C2CCCC2O)c1C. The zero-order valence-electron chi connectivity index (χ0n) is 11.0. The fraction of sp³-hybridized carbons (Fsp3) is 0.769. The Bertz CT molecular complexity index is 386. The summed E-state index contributed by atoms with van der Waals surface area (Å²) >= 11 is 0. The normalized spacial score (nSPS) is 24.5. The van der Waals surface area contributed by atoms with Gasteiger partial charge in [-0.1, -0.05) is 6.92 Å². The predicted octanol–water partition coefficient (Wildman–Crippen LogP) is 1.70. The van der Waals surface area contributed by atoms with Crippen molar-refractivity contribution in [1.29, 1.82) is 0 Å². The molecule has 1 heterocycles. The lowest BCUT2D eigenvalue weighted by Crippen LogP contribution is -2.21. The van der Waals surface area contributed by atoms with Crippen LogP contribution in [0.2, 0.25) is 0 Å². The summed E-state index contributed by atoms with van der Waals surface area (Å²) in [4.78, 5) is 0. The largest absolute Gasteiger partial charge is 0.391 e. The van der Waals surface area contributed by atoms with Crippen molar-refractivity contribution in [2.75, 3.05) is 6.54 Å². The van der Waals surface area contributed by atoms with Gasteiger partial charge in [-0.05, 0) is 39.7 Å². The molecule has 96 valence electrons. The van der Waals surface area contributed by atoms with Crippen molar-refractivity contribution in [2.45, 2.75) is 58.7 Å². The Morgan fingerprint density at radius 1 is 1.41 bits per heavy atom. The minimum atomic E-state index is -0.222. The number of aryl methyl sites for hydroxylation is 1. The van der Waals surface area contributed by atoms with Gasteiger partial charge in [-0.2, -0.15) is 5.10 Å². The molecule has 1 fully saturated rings. The van der Waals surface area contributed by atoms with Gasteiger partial charge in [-0.15, -0.1) is 0 Å². The Morgan fingerprint density at radius 2 is 2.18 bits per heavy atom. The van der Waals surface area contributed by atoms with Crippen LogP contribution in [0.25, 0.3) is 0 Å². The molecule has 1 aliphatic rings. The second kappa shape index (κ2) is 5.19. The van der Waals surface area contributed by atoms with Crippen molar-refractivity contribution in [3.05, 3.63) is 17.0 Å². The van der Waals surface area contributed by atoms with Gasteiger partial charge in [0.25, 0.3) is 0 Å². The minimum Gasteiger partial charge on any atom is -0.391 e. The first kappa shape index (κ1) is 12.6. The van der Waals surface area contributed by atoms with Crippen LogP contribution in [0.3, 0.4) is 0 Å². The molecule has 17 heavy (non-hydrogen) atoms. The highest BCUT2D eigenvalue weighted by molar-refractivity contribution is 5.25. The van der Waals surface area contributed by atoms with Gasteiger partial charge in [0, 0.05) is 17.8 Å². The van der Waals surface area contributed by atoms with Crippen molar-refractivity contribution in [1.82, 2.24) is 15.1 Å². The zero-order valence-corrected chi connectivity index (χ0v) is 11.0. The fourth-order valence-electron chi connectivity index (χ4n) is 2.73. The molecule has 2 unspecified atom stereocenters. The van der Waals surface area contributed by atoms with E-state index in [1.807, 2.05) is 4.68 Å². The maximum absolute atomic E-state index is 9.97. The third-order valence-electron chi connectivity index (χ3n) is 3.78. The lowest BCUT2D eigenvalue weighted by Gasteiger charge is -2.17. The standard InChI is InChI=1S/C13H23N3O/c1-4-14-8-11-9(2)15-16(10(11)3)12-6-5-7-13(12)17/h12-14,17H,4-8H2,1-3H3. The lowest BCUT2D eigenvalue weighted by atomic mass is 10.1. The van der Waals surface area contributed by atoms with Crippen molar-refractivity contribution in [3.63, 3.8) is 0 Å². The molecule has 1 saturated carbocycles. The molecule has 4 heteroatoms. The maximum Gasteiger partial charge on any atom is 0.0781 e. The van der Waals surface area contributed by atoms with E-state index in [0.29, 0.717) is 0 Å². The van der Waals surface area contributed by atoms with Crippen LogP contribution in [0, 0.1) is 13.8 Å². The van der Waals surface area contributed by atoms with Gasteiger partial charge in [0.05, 0.1) is 17.8 Å². The van der Waals surface area contributed by atoms with E-state index in [-0.39, 0.29) is 12.1 Å². The molecule has 1 aliphatic carbocycles. The Kier molecular flexibility index (Phi) is 3.84. The molecule has 2 atom stereocenters. The van der Waals surface area contributed by atoms with E-state index in [2.05, 4.69) is 31.2 Å². The molecule has 0 bridgehead atoms. The molecule has 0 spiro atoms. The Balaban J connectivity index is 2.23. The highest BCUT2D eigenvalue weighted by Crippen LogP contribution is 2.31. The summed E-state index contributed by atoms with van der Waals surface area (Å²) < 4.78 is 2.04. The highest BCUT2D eigenvalue weighted by atomic mass is 16.3. The molecule has 1 aromatic heterocycles. The molecular formula is C13H23N3O. The van der Waals surface area contributed by atoms with E-state index in [0.717, 1.165) is 38.0 Å². The summed E-state index contributed by atoms with van der Waals surface area (Å²) in [5.41, 5.74) is 3.57. The van der Waals surface area contributed by atoms with Crippen LogP contribution in [0.15, 0.2) is 0 Å². The Labute approximate surface area is 103 Å². The van der Waals surface area contributed by atoms with Gasteiger partial charge in [0.15, 0.2) is 0 Å². The van der Waals surface area contributed by atoms with Gasteiger partial charge in [0.2, 0.25) is 0 Å². The summed E-state index contributed by atoms with van der Waals surface area (Å²) in [6, 6.07) is 0.184. The van der Waals surface area contributed by atoms with Crippen LogP contribution in [0.5, 0.6) is 0 Å². The Morgan fingerprint density at radius 3 is 2.76 bits per heavy atom. The van der Waals surface area contributed by atoms with E-state index in [1.54, 1.807) is 0 Å². The molecule has 0 amide bonds. The monoisotopic (exact) mass is 237 g/mol. The fourth-order valence-corrected chi connectivity index (χ4v) is 2.73. The average Bonchev–Trinajstić information content (AvgIpc) is 2.82. The predicted molar refractivity (Wildman–Crippen MR) is 68.0 cm³/mol. The summed E-state index contributed by atoms with van der Waals surface area (Å²) in [6.45, 7) is 8.11. The number of aliphatic hydroxyl groups excluding tert-OH is 1. The van der Waals surface area contributed by atoms with Crippen molar-refractivity contribution >= 4 is 0 Å². The number of nitrogens with zero attached hydrogens (tertiary/aromatic N) is 2. The first-order valence-corrected chi connectivity index (χ1v) is 6.58. The third kappa shape index (κ3) is 2.38. The molecule has 4 nitrogen and oxygen atoms in total. The number of hydrogen-bond donors (Lipinski definition) is 2. The van der Waals surface area contributed by atoms with Crippen LogP contribution in [-0.2, 0) is 6.54 Å². The van der Waals surface area contributed by atoms with E-state index in [9.17, 15) is 5.11 Å². The average molecular weight is 237 g/mol. The first-order chi connectivity index (χ1) is 8.15. The van der Waals surface area contributed by atoms with Crippen molar-refractivity contribution in [2.24, 2.45) is 0 Å². The molecule has 0 saturated heterocycles. The van der Waals surface area contributed by atoms with Crippen LogP contribution < -0.4 is 5.32 Å². The van der Waals surface area contributed by atoms with E-state index >= 15 is 0 Å². The number of aromatic nitrogens is 2. The maximum atomic E-state index is 9.97. The van der Waals surface area contributed by atoms with Crippen LogP contribution in [0.1, 0.15) is 49.2 Å². The molecule has 0 radical (unpaired) electrons. The second-order valence-electron chi connectivity index (χ2n) is 4.94. The lowest BCUT2D eigenvalue weighted by molar-refractivity contribution is 0.129. The highest BCUT2D eigenvalue weighted by Gasteiger charge is 2.29. The first-order valence-electron chi connectivity index (χ1n) is 6.58. The quantitative estimate of drug-likeness (QED) is 0.838. The number of hydrogen-bond acceptors (Lipinski definition) is 3. The zero-order chi connectivity index (χ0) is 12.4. The number of rotatable bonds is 4. The van der Waals surface area contributed by atoms with Crippen LogP contribution in [-0.4, -0.2) is 27.5 Å². The summed E-state index contributed by atoms with van der Waals surface area (Å²) in [5.74, 6) is 0. The molecule has 0 aliphatic heterocycles. The molecule has 2 rings (SSSR count). The second-order valence-corrected chi connectivity index (χ2v) is 4.94. The minimum absolute atomic E-state index is 0.184. The van der Waals surface area contributed by atoms with Gasteiger partial charge < -0.3 is 10.4 Å². The number of aliphatic hydroxyl groups is 1. The topological polar surface area (TPSA) is 50.1 Å². The summed E-state index contributed by atoms with van der Waals surface area (Å²) in [7, 11) is 0. The Hall–Kier alpha value is -0.870. The van der Waals surface area contributed by atoms with Gasteiger partial charge in [-0.25, -0.2) is 0 Å². The number of nitrogens with one attached hydrogen (secondary N) is 1. The molecule has 2 N–H and O–H groups in total. The van der Waals surface area contributed by atoms with Gasteiger partial charge >= 0.3 is 0 Å². The molecule has 0 aromatic carbocycles. The summed E-state index contributed by atoms with van der Waals surface area (Å²) in [6.07, 6.45) is 2.84. The van der Waals surface area contributed by atoms with Crippen LogP contribution >= 0.6 is 0 Å². The van der Waals surface area contributed by atoms with E-state index < -0.39 is 0 Å². The molecular weight excluding hydrogens is 214 g/mol.